The number of aromatic nitrogens is 1. The van der Waals surface area contributed by atoms with Gasteiger partial charge in [-0.2, -0.15) is 0 Å². The predicted molar refractivity (Wildman–Crippen MR) is 97.4 cm³/mol. The summed E-state index contributed by atoms with van der Waals surface area (Å²) in [6.45, 7) is 4.22. The zero-order chi connectivity index (χ0) is 16.4. The molecule has 0 saturated carbocycles. The first-order valence-corrected chi connectivity index (χ1v) is 9.04. The molecule has 23 heavy (non-hydrogen) atoms. The number of benzene rings is 2. The lowest BCUT2D eigenvalue weighted by Gasteiger charge is -2.05. The molecule has 3 aromatic rings. The van der Waals surface area contributed by atoms with Gasteiger partial charge in [-0.15, -0.1) is 0 Å². The Bertz CT molecular complexity index is 826. The van der Waals surface area contributed by atoms with Gasteiger partial charge in [-0.05, 0) is 49.2 Å². The van der Waals surface area contributed by atoms with Crippen LogP contribution in [0.4, 0.5) is 9.39 Å². The SMILES string of the molecule is Cc1ccc(C)c(CSc2nc(-c3ccc(F)cc3)c(N)s2)c1. The average Bonchev–Trinajstić information content (AvgIpc) is 2.90. The fourth-order valence-electron chi connectivity index (χ4n) is 2.28. The highest BCUT2D eigenvalue weighted by atomic mass is 32.2. The van der Waals surface area contributed by atoms with E-state index in [4.69, 9.17) is 5.73 Å². The van der Waals surface area contributed by atoms with E-state index in [1.54, 1.807) is 23.9 Å². The Morgan fingerprint density at radius 3 is 2.61 bits per heavy atom. The van der Waals surface area contributed by atoms with Crippen LogP contribution in [0.15, 0.2) is 46.8 Å². The lowest BCUT2D eigenvalue weighted by Crippen LogP contribution is -1.88. The Labute approximate surface area is 143 Å². The molecule has 0 atom stereocenters. The maximum absolute atomic E-state index is 13.0. The summed E-state index contributed by atoms with van der Waals surface area (Å²) in [5.74, 6) is 0.607. The lowest BCUT2D eigenvalue weighted by atomic mass is 10.1. The standard InChI is InChI=1S/C18H17FN2S2/c1-11-3-4-12(2)14(9-11)10-22-18-21-16(17(20)23-18)13-5-7-15(19)8-6-13/h3-9H,10,20H2,1-2H3. The molecule has 0 aliphatic carbocycles. The molecular formula is C18H17FN2S2. The summed E-state index contributed by atoms with van der Waals surface area (Å²) in [6, 6.07) is 12.7. The molecule has 0 unspecified atom stereocenters. The maximum atomic E-state index is 13.0. The second kappa shape index (κ2) is 6.72. The number of hydrogen-bond donors (Lipinski definition) is 1. The first-order chi connectivity index (χ1) is 11.0. The van der Waals surface area contributed by atoms with Crippen molar-refractivity contribution in [2.45, 2.75) is 23.9 Å². The molecule has 0 aliphatic heterocycles. The topological polar surface area (TPSA) is 38.9 Å². The minimum Gasteiger partial charge on any atom is -0.389 e. The fraction of sp³-hybridized carbons (Fsp3) is 0.167. The van der Waals surface area contributed by atoms with E-state index in [0.29, 0.717) is 5.00 Å². The monoisotopic (exact) mass is 344 g/mol. The number of rotatable bonds is 4. The molecule has 2 aromatic carbocycles. The summed E-state index contributed by atoms with van der Waals surface area (Å²) in [6.07, 6.45) is 0. The number of aryl methyl sites for hydroxylation is 2. The molecule has 0 radical (unpaired) electrons. The molecule has 0 fully saturated rings. The van der Waals surface area contributed by atoms with Gasteiger partial charge in [0.15, 0.2) is 4.34 Å². The van der Waals surface area contributed by atoms with E-state index < -0.39 is 0 Å². The van der Waals surface area contributed by atoms with Crippen molar-refractivity contribution >= 4 is 28.1 Å². The van der Waals surface area contributed by atoms with Crippen LogP contribution < -0.4 is 5.73 Å². The molecule has 0 bridgehead atoms. The number of nitrogens with zero attached hydrogens (tertiary/aromatic N) is 1. The van der Waals surface area contributed by atoms with Crippen molar-refractivity contribution in [1.29, 1.82) is 0 Å². The van der Waals surface area contributed by atoms with Gasteiger partial charge in [0.1, 0.15) is 16.5 Å². The molecule has 1 aromatic heterocycles. The van der Waals surface area contributed by atoms with Gasteiger partial charge in [-0.25, -0.2) is 9.37 Å². The van der Waals surface area contributed by atoms with Gasteiger partial charge in [0.2, 0.25) is 0 Å². The van der Waals surface area contributed by atoms with Crippen LogP contribution in [0.2, 0.25) is 0 Å². The van der Waals surface area contributed by atoms with Gasteiger partial charge >= 0.3 is 0 Å². The lowest BCUT2D eigenvalue weighted by molar-refractivity contribution is 0.628. The molecule has 0 amide bonds. The molecule has 2 nitrogen and oxygen atoms in total. The summed E-state index contributed by atoms with van der Waals surface area (Å²) in [4.78, 5) is 4.61. The van der Waals surface area contributed by atoms with Gasteiger partial charge in [0.05, 0.1) is 0 Å². The van der Waals surface area contributed by atoms with Crippen LogP contribution in [-0.2, 0) is 5.75 Å². The van der Waals surface area contributed by atoms with Crippen LogP contribution in [0, 0.1) is 19.7 Å². The zero-order valence-electron chi connectivity index (χ0n) is 13.0. The summed E-state index contributed by atoms with van der Waals surface area (Å²) in [7, 11) is 0. The number of nitrogens with two attached hydrogens (primary N) is 1. The molecule has 118 valence electrons. The van der Waals surface area contributed by atoms with Crippen molar-refractivity contribution in [3.8, 4) is 11.3 Å². The van der Waals surface area contributed by atoms with Gasteiger partial charge in [-0.3, -0.25) is 0 Å². The maximum Gasteiger partial charge on any atom is 0.152 e. The minimum absolute atomic E-state index is 0.257. The Balaban J connectivity index is 1.78. The number of nitrogen functional groups attached to an aromatic ring is 1. The summed E-state index contributed by atoms with van der Waals surface area (Å²) in [5.41, 5.74) is 11.5. The normalized spacial score (nSPS) is 10.9. The van der Waals surface area contributed by atoms with Gasteiger partial charge < -0.3 is 5.73 Å². The summed E-state index contributed by atoms with van der Waals surface area (Å²) in [5, 5.41) is 0.667. The van der Waals surface area contributed by atoms with Crippen molar-refractivity contribution in [1.82, 2.24) is 4.98 Å². The van der Waals surface area contributed by atoms with Crippen LogP contribution in [0.3, 0.4) is 0 Å². The van der Waals surface area contributed by atoms with Crippen molar-refractivity contribution in [3.63, 3.8) is 0 Å². The zero-order valence-corrected chi connectivity index (χ0v) is 14.6. The van der Waals surface area contributed by atoms with Crippen LogP contribution in [-0.4, -0.2) is 4.98 Å². The second-order valence-corrected chi connectivity index (χ2v) is 7.67. The molecular weight excluding hydrogens is 327 g/mol. The molecule has 0 saturated heterocycles. The first-order valence-electron chi connectivity index (χ1n) is 7.24. The third-order valence-electron chi connectivity index (χ3n) is 3.61. The largest absolute Gasteiger partial charge is 0.389 e. The second-order valence-electron chi connectivity index (χ2n) is 5.42. The molecule has 5 heteroatoms. The van der Waals surface area contributed by atoms with E-state index in [1.807, 2.05) is 0 Å². The number of thioether (sulfide) groups is 1. The highest BCUT2D eigenvalue weighted by Gasteiger charge is 2.12. The van der Waals surface area contributed by atoms with Crippen molar-refractivity contribution in [2.75, 3.05) is 5.73 Å². The van der Waals surface area contributed by atoms with Crippen molar-refractivity contribution < 1.29 is 4.39 Å². The van der Waals surface area contributed by atoms with Crippen molar-refractivity contribution in [3.05, 3.63) is 65.0 Å². The number of halogens is 1. The predicted octanol–water partition coefficient (Wildman–Crippen LogP) is 5.44. The number of thiazole rings is 1. The minimum atomic E-state index is -0.257. The Morgan fingerprint density at radius 1 is 1.13 bits per heavy atom. The Kier molecular flexibility index (Phi) is 4.68. The van der Waals surface area contributed by atoms with Gasteiger partial charge in [-0.1, -0.05) is 46.9 Å². The van der Waals surface area contributed by atoms with Crippen LogP contribution in [0.5, 0.6) is 0 Å². The third-order valence-corrected chi connectivity index (χ3v) is 5.68. The molecule has 0 aliphatic rings. The first kappa shape index (κ1) is 16.0. The van der Waals surface area contributed by atoms with Crippen molar-refractivity contribution in [2.24, 2.45) is 0 Å². The number of hydrogen-bond acceptors (Lipinski definition) is 4. The highest BCUT2D eigenvalue weighted by molar-refractivity contribution is 8.00. The van der Waals surface area contributed by atoms with Crippen LogP contribution >= 0.6 is 23.1 Å². The molecule has 1 heterocycles. The summed E-state index contributed by atoms with van der Waals surface area (Å²) >= 11 is 3.16. The van der Waals surface area contributed by atoms with Crippen LogP contribution in [0.25, 0.3) is 11.3 Å². The van der Waals surface area contributed by atoms with E-state index in [2.05, 4.69) is 37.0 Å². The molecule has 3 rings (SSSR count). The molecule has 0 spiro atoms. The van der Waals surface area contributed by atoms with E-state index in [1.165, 1.54) is 40.2 Å². The quantitative estimate of drug-likeness (QED) is 0.640. The summed E-state index contributed by atoms with van der Waals surface area (Å²) < 4.78 is 14.0. The highest BCUT2D eigenvalue weighted by Crippen LogP contribution is 2.36. The van der Waals surface area contributed by atoms with Crippen LogP contribution in [0.1, 0.15) is 16.7 Å². The van der Waals surface area contributed by atoms with Gasteiger partial charge in [0, 0.05) is 11.3 Å². The Morgan fingerprint density at radius 2 is 1.87 bits per heavy atom. The Hall–Kier alpha value is -1.85. The van der Waals surface area contributed by atoms with E-state index in [-0.39, 0.29) is 5.82 Å². The smallest absolute Gasteiger partial charge is 0.152 e. The van der Waals surface area contributed by atoms with Gasteiger partial charge in [0.25, 0.3) is 0 Å². The number of anilines is 1. The average molecular weight is 344 g/mol. The van der Waals surface area contributed by atoms with E-state index >= 15 is 0 Å². The van der Waals surface area contributed by atoms with E-state index in [0.717, 1.165) is 21.3 Å². The van der Waals surface area contributed by atoms with E-state index in [9.17, 15) is 4.39 Å². The molecule has 2 N–H and O–H groups in total. The fourth-order valence-corrected chi connectivity index (χ4v) is 4.30. The third kappa shape index (κ3) is 3.74.